The molecule has 0 amide bonds. The Morgan fingerprint density at radius 3 is 3.05 bits per heavy atom. The summed E-state index contributed by atoms with van der Waals surface area (Å²) in [5.41, 5.74) is 1.12. The van der Waals surface area contributed by atoms with E-state index in [-0.39, 0.29) is 0 Å². The Hall–Kier alpha value is -0.770. The minimum atomic E-state index is 0.343. The average molecular weight is 298 g/mol. The minimum Gasteiger partial charge on any atom is -0.492 e. The van der Waals surface area contributed by atoms with Crippen molar-refractivity contribution in [2.75, 3.05) is 26.4 Å². The summed E-state index contributed by atoms with van der Waals surface area (Å²) in [6.07, 6.45) is 2.24. The van der Waals surface area contributed by atoms with Gasteiger partial charge in [0.15, 0.2) is 0 Å². The maximum absolute atomic E-state index is 6.03. The second kappa shape index (κ2) is 7.87. The van der Waals surface area contributed by atoms with Crippen molar-refractivity contribution in [1.82, 2.24) is 5.32 Å². The molecule has 112 valence electrons. The molecule has 1 saturated heterocycles. The number of ether oxygens (including phenoxy) is 2. The van der Waals surface area contributed by atoms with Gasteiger partial charge in [0.25, 0.3) is 0 Å². The Labute approximate surface area is 126 Å². The molecule has 1 fully saturated rings. The molecule has 1 aliphatic heterocycles. The van der Waals surface area contributed by atoms with Gasteiger partial charge in [-0.15, -0.1) is 0 Å². The SMILES string of the molecule is CCCNC(COc1cc(Cl)ccc1C)C1CCOC1. The average Bonchev–Trinajstić information content (AvgIpc) is 2.96. The van der Waals surface area contributed by atoms with Crippen LogP contribution in [0.3, 0.4) is 0 Å². The fourth-order valence-electron chi connectivity index (χ4n) is 2.47. The van der Waals surface area contributed by atoms with E-state index in [1.54, 1.807) is 0 Å². The molecule has 1 heterocycles. The standard InChI is InChI=1S/C16H24ClNO2/c1-3-7-18-15(13-6-8-19-10-13)11-20-16-9-14(17)5-4-12(16)2/h4-5,9,13,15,18H,3,6-8,10-11H2,1-2H3. The molecule has 1 aromatic rings. The molecule has 4 heteroatoms. The molecular weight excluding hydrogens is 274 g/mol. The first-order valence-electron chi connectivity index (χ1n) is 7.40. The van der Waals surface area contributed by atoms with Gasteiger partial charge < -0.3 is 14.8 Å². The summed E-state index contributed by atoms with van der Waals surface area (Å²) in [5.74, 6) is 1.42. The van der Waals surface area contributed by atoms with Crippen LogP contribution in [0.4, 0.5) is 0 Å². The van der Waals surface area contributed by atoms with Crippen LogP contribution in [0.1, 0.15) is 25.3 Å². The Balaban J connectivity index is 1.94. The van der Waals surface area contributed by atoms with Crippen LogP contribution in [0, 0.1) is 12.8 Å². The smallest absolute Gasteiger partial charge is 0.123 e. The maximum Gasteiger partial charge on any atom is 0.123 e. The molecule has 2 atom stereocenters. The van der Waals surface area contributed by atoms with E-state index in [0.29, 0.717) is 23.6 Å². The monoisotopic (exact) mass is 297 g/mol. The summed E-state index contributed by atoms with van der Waals surface area (Å²) in [4.78, 5) is 0. The van der Waals surface area contributed by atoms with E-state index < -0.39 is 0 Å². The van der Waals surface area contributed by atoms with E-state index in [2.05, 4.69) is 12.2 Å². The van der Waals surface area contributed by atoms with Crippen molar-refractivity contribution in [3.63, 3.8) is 0 Å². The van der Waals surface area contributed by atoms with Crippen LogP contribution in [0.2, 0.25) is 5.02 Å². The Kier molecular flexibility index (Phi) is 6.14. The summed E-state index contributed by atoms with van der Waals surface area (Å²) >= 11 is 6.03. The van der Waals surface area contributed by atoms with Crippen LogP contribution in [-0.4, -0.2) is 32.4 Å². The number of rotatable bonds is 7. The van der Waals surface area contributed by atoms with Gasteiger partial charge in [-0.3, -0.25) is 0 Å². The highest BCUT2D eigenvalue weighted by atomic mass is 35.5. The molecule has 0 bridgehead atoms. The molecule has 0 saturated carbocycles. The predicted octanol–water partition coefficient (Wildman–Crippen LogP) is 3.43. The summed E-state index contributed by atoms with van der Waals surface area (Å²) < 4.78 is 11.5. The number of nitrogens with one attached hydrogen (secondary N) is 1. The largest absolute Gasteiger partial charge is 0.492 e. The van der Waals surface area contributed by atoms with Crippen LogP contribution in [0.15, 0.2) is 18.2 Å². The van der Waals surface area contributed by atoms with Crippen molar-refractivity contribution >= 4 is 11.6 Å². The first-order valence-corrected chi connectivity index (χ1v) is 7.78. The molecule has 0 radical (unpaired) electrons. The van der Waals surface area contributed by atoms with Gasteiger partial charge in [0.2, 0.25) is 0 Å². The van der Waals surface area contributed by atoms with Gasteiger partial charge >= 0.3 is 0 Å². The summed E-state index contributed by atoms with van der Waals surface area (Å²) in [7, 11) is 0. The molecule has 0 aromatic heterocycles. The number of aryl methyl sites for hydroxylation is 1. The summed E-state index contributed by atoms with van der Waals surface area (Å²) in [5, 5.41) is 4.29. The number of benzene rings is 1. The fourth-order valence-corrected chi connectivity index (χ4v) is 2.63. The van der Waals surface area contributed by atoms with E-state index >= 15 is 0 Å². The van der Waals surface area contributed by atoms with Gasteiger partial charge in [0.1, 0.15) is 12.4 Å². The van der Waals surface area contributed by atoms with Gasteiger partial charge in [0.05, 0.1) is 6.61 Å². The lowest BCUT2D eigenvalue weighted by atomic mass is 9.99. The van der Waals surface area contributed by atoms with Crippen LogP contribution >= 0.6 is 11.6 Å². The van der Waals surface area contributed by atoms with Crippen molar-refractivity contribution in [1.29, 1.82) is 0 Å². The second-order valence-electron chi connectivity index (χ2n) is 5.41. The van der Waals surface area contributed by atoms with Gasteiger partial charge in [-0.2, -0.15) is 0 Å². The third-order valence-corrected chi connectivity index (χ3v) is 3.99. The zero-order valence-electron chi connectivity index (χ0n) is 12.3. The third-order valence-electron chi connectivity index (χ3n) is 3.76. The molecule has 1 N–H and O–H groups in total. The lowest BCUT2D eigenvalue weighted by Crippen LogP contribution is -2.41. The van der Waals surface area contributed by atoms with Crippen molar-refractivity contribution in [2.24, 2.45) is 5.92 Å². The van der Waals surface area contributed by atoms with Crippen molar-refractivity contribution < 1.29 is 9.47 Å². The van der Waals surface area contributed by atoms with Crippen molar-refractivity contribution in [2.45, 2.75) is 32.7 Å². The van der Waals surface area contributed by atoms with E-state index in [1.165, 1.54) is 0 Å². The Morgan fingerprint density at radius 1 is 1.50 bits per heavy atom. The zero-order chi connectivity index (χ0) is 14.4. The van der Waals surface area contributed by atoms with E-state index in [4.69, 9.17) is 21.1 Å². The molecule has 2 unspecified atom stereocenters. The minimum absolute atomic E-state index is 0.343. The molecule has 0 spiro atoms. The van der Waals surface area contributed by atoms with E-state index in [9.17, 15) is 0 Å². The van der Waals surface area contributed by atoms with Crippen LogP contribution in [0.5, 0.6) is 5.75 Å². The molecule has 1 aromatic carbocycles. The van der Waals surface area contributed by atoms with Gasteiger partial charge in [-0.05, 0) is 44.0 Å². The van der Waals surface area contributed by atoms with Crippen molar-refractivity contribution in [3.05, 3.63) is 28.8 Å². The van der Waals surface area contributed by atoms with Gasteiger partial charge in [-0.25, -0.2) is 0 Å². The van der Waals surface area contributed by atoms with Crippen LogP contribution < -0.4 is 10.1 Å². The van der Waals surface area contributed by atoms with Crippen LogP contribution in [-0.2, 0) is 4.74 Å². The Bertz CT molecular complexity index is 419. The lowest BCUT2D eigenvalue weighted by molar-refractivity contribution is 0.160. The molecule has 0 aliphatic carbocycles. The highest BCUT2D eigenvalue weighted by molar-refractivity contribution is 6.30. The number of hydrogen-bond acceptors (Lipinski definition) is 3. The highest BCUT2D eigenvalue weighted by Crippen LogP contribution is 2.24. The zero-order valence-corrected chi connectivity index (χ0v) is 13.1. The quantitative estimate of drug-likeness (QED) is 0.836. The number of hydrogen-bond donors (Lipinski definition) is 1. The lowest BCUT2D eigenvalue weighted by Gasteiger charge is -2.24. The number of halogens is 1. The first kappa shape index (κ1) is 15.6. The third kappa shape index (κ3) is 4.37. The highest BCUT2D eigenvalue weighted by Gasteiger charge is 2.25. The fraction of sp³-hybridized carbons (Fsp3) is 0.625. The van der Waals surface area contributed by atoms with Gasteiger partial charge in [-0.1, -0.05) is 24.6 Å². The van der Waals surface area contributed by atoms with E-state index in [1.807, 2.05) is 25.1 Å². The van der Waals surface area contributed by atoms with E-state index in [0.717, 1.165) is 43.9 Å². The molecule has 20 heavy (non-hydrogen) atoms. The Morgan fingerprint density at radius 2 is 2.35 bits per heavy atom. The normalized spacial score (nSPS) is 20.1. The molecule has 3 nitrogen and oxygen atoms in total. The maximum atomic E-state index is 6.03. The second-order valence-corrected chi connectivity index (χ2v) is 5.84. The van der Waals surface area contributed by atoms with Crippen molar-refractivity contribution in [3.8, 4) is 5.75 Å². The summed E-state index contributed by atoms with van der Waals surface area (Å²) in [6, 6.07) is 6.11. The molecule has 2 rings (SSSR count). The topological polar surface area (TPSA) is 30.5 Å². The van der Waals surface area contributed by atoms with Gasteiger partial charge in [0, 0.05) is 23.6 Å². The molecular formula is C16H24ClNO2. The van der Waals surface area contributed by atoms with Crippen LogP contribution in [0.25, 0.3) is 0 Å². The first-order chi connectivity index (χ1) is 9.70. The molecule has 1 aliphatic rings. The summed E-state index contributed by atoms with van der Waals surface area (Å²) in [6.45, 7) is 7.59. The predicted molar refractivity (Wildman–Crippen MR) is 82.7 cm³/mol.